The second-order valence-corrected chi connectivity index (χ2v) is 11.4. The maximum absolute atomic E-state index is 15.4. The van der Waals surface area contributed by atoms with Crippen molar-refractivity contribution in [1.29, 1.82) is 0 Å². The number of benzene rings is 3. The number of nitrogens with zero attached hydrogens (tertiary/aromatic N) is 1. The van der Waals surface area contributed by atoms with Gasteiger partial charge in [-0.1, -0.05) is 24.3 Å². The van der Waals surface area contributed by atoms with E-state index >= 15 is 17.6 Å². The molecule has 46 heavy (non-hydrogen) atoms. The van der Waals surface area contributed by atoms with Gasteiger partial charge in [0, 0.05) is 65.8 Å². The van der Waals surface area contributed by atoms with Crippen LogP contribution >= 0.6 is 0 Å². The number of aromatic amines is 2. The molecular formula is C34H30F4N4O4. The van der Waals surface area contributed by atoms with Crippen molar-refractivity contribution in [1.82, 2.24) is 20.3 Å². The van der Waals surface area contributed by atoms with Crippen molar-refractivity contribution in [2.45, 2.75) is 50.4 Å². The number of fused-ring (bicyclic) bond motifs is 8. The SMILES string of the molecule is O=C(O)CCc1cccc(C2CCC(F)(F)CNC(=O)CCc3c(c(F)cc4[nH]ccc34)Oc3ccc(F)c(c3)-c3ncc2[nH]3)c1. The largest absolute Gasteiger partial charge is 0.481 e. The number of nitrogens with one attached hydrogen (secondary N) is 3. The van der Waals surface area contributed by atoms with Crippen molar-refractivity contribution < 1.29 is 37.0 Å². The summed E-state index contributed by atoms with van der Waals surface area (Å²) < 4.78 is 67.0. The van der Waals surface area contributed by atoms with Gasteiger partial charge in [0.15, 0.2) is 11.6 Å². The van der Waals surface area contributed by atoms with E-state index in [0.29, 0.717) is 27.7 Å². The lowest BCUT2D eigenvalue weighted by Crippen LogP contribution is -2.37. The van der Waals surface area contributed by atoms with E-state index < -0.39 is 48.3 Å². The molecule has 6 rings (SSSR count). The third-order valence-corrected chi connectivity index (χ3v) is 8.18. The first-order valence-corrected chi connectivity index (χ1v) is 14.8. The molecule has 0 saturated heterocycles. The average Bonchev–Trinajstić information content (AvgIpc) is 3.70. The van der Waals surface area contributed by atoms with Crippen LogP contribution in [0.1, 0.15) is 54.0 Å². The number of hydrogen-bond acceptors (Lipinski definition) is 4. The summed E-state index contributed by atoms with van der Waals surface area (Å²) in [6.45, 7) is -0.896. The van der Waals surface area contributed by atoms with Gasteiger partial charge in [0.05, 0.1) is 12.1 Å². The zero-order chi connectivity index (χ0) is 32.4. The topological polar surface area (TPSA) is 120 Å². The fraction of sp³-hybridized carbons (Fsp3) is 0.265. The number of aryl methyl sites for hydroxylation is 2. The van der Waals surface area contributed by atoms with Gasteiger partial charge in [-0.05, 0) is 54.7 Å². The lowest BCUT2D eigenvalue weighted by Gasteiger charge is -2.22. The van der Waals surface area contributed by atoms with Crippen LogP contribution in [0.5, 0.6) is 11.5 Å². The highest BCUT2D eigenvalue weighted by Crippen LogP contribution is 2.38. The lowest BCUT2D eigenvalue weighted by atomic mass is 9.88. The minimum absolute atomic E-state index is 0.00522. The fourth-order valence-electron chi connectivity index (χ4n) is 5.82. The first kappa shape index (κ1) is 30.9. The van der Waals surface area contributed by atoms with Crippen molar-refractivity contribution in [3.8, 4) is 22.9 Å². The van der Waals surface area contributed by atoms with Crippen LogP contribution in [0.3, 0.4) is 0 Å². The van der Waals surface area contributed by atoms with Gasteiger partial charge < -0.3 is 25.1 Å². The summed E-state index contributed by atoms with van der Waals surface area (Å²) >= 11 is 0. The van der Waals surface area contributed by atoms with Crippen molar-refractivity contribution in [3.63, 3.8) is 0 Å². The fourth-order valence-corrected chi connectivity index (χ4v) is 5.82. The standard InChI is InChI=1S/C34H30F4N4O4/c35-26-7-5-21-15-25(26)33-40-17-29(42-33)22(20-3-1-2-19(14-20)4-9-31(44)45)10-12-34(37,38)18-41-30(43)8-6-24-23-11-13-39-28(23)16-27(36)32(24)46-21/h1-3,5,7,11,13-17,22,39H,4,6,8-10,12,18H2,(H,40,42)(H,41,43)(H,44,45). The number of hydrogen-bond donors (Lipinski definition) is 4. The van der Waals surface area contributed by atoms with E-state index in [1.807, 2.05) is 0 Å². The highest BCUT2D eigenvalue weighted by Gasteiger charge is 2.32. The summed E-state index contributed by atoms with van der Waals surface area (Å²) in [7, 11) is 0. The number of carboxylic acids is 1. The van der Waals surface area contributed by atoms with E-state index in [2.05, 4.69) is 20.3 Å². The van der Waals surface area contributed by atoms with E-state index in [-0.39, 0.29) is 55.0 Å². The van der Waals surface area contributed by atoms with Crippen LogP contribution in [-0.4, -0.2) is 44.4 Å². The zero-order valence-electron chi connectivity index (χ0n) is 24.5. The normalized spacial score (nSPS) is 17.0. The molecule has 0 radical (unpaired) electrons. The third kappa shape index (κ3) is 6.75. The van der Waals surface area contributed by atoms with Crippen molar-refractivity contribution >= 4 is 22.8 Å². The summed E-state index contributed by atoms with van der Waals surface area (Å²) in [6.07, 6.45) is 2.35. The number of carboxylic acid groups (broad SMARTS) is 1. The number of alkyl halides is 2. The van der Waals surface area contributed by atoms with Crippen LogP contribution in [0.2, 0.25) is 0 Å². The summed E-state index contributed by atoms with van der Waals surface area (Å²) in [4.78, 5) is 34.2. The molecular weight excluding hydrogens is 604 g/mol. The Balaban J connectivity index is 1.42. The molecule has 3 aromatic carbocycles. The molecule has 1 aliphatic heterocycles. The molecule has 12 heteroatoms. The molecule has 4 N–H and O–H groups in total. The molecule has 2 aromatic heterocycles. The van der Waals surface area contributed by atoms with E-state index in [9.17, 15) is 9.59 Å². The molecule has 1 aliphatic rings. The number of halogens is 4. The van der Waals surface area contributed by atoms with Crippen LogP contribution < -0.4 is 10.1 Å². The Morgan fingerprint density at radius 1 is 1.07 bits per heavy atom. The molecule has 4 bridgehead atoms. The first-order valence-electron chi connectivity index (χ1n) is 14.8. The molecule has 0 spiro atoms. The Hall–Kier alpha value is -5.13. The Labute approximate surface area is 260 Å². The van der Waals surface area contributed by atoms with Gasteiger partial charge >= 0.3 is 5.97 Å². The van der Waals surface area contributed by atoms with E-state index in [0.717, 1.165) is 11.6 Å². The van der Waals surface area contributed by atoms with Crippen molar-refractivity contribution in [2.24, 2.45) is 0 Å². The highest BCUT2D eigenvalue weighted by atomic mass is 19.3. The molecule has 238 valence electrons. The molecule has 1 unspecified atom stereocenters. The third-order valence-electron chi connectivity index (χ3n) is 8.18. The number of aliphatic carboxylic acids is 1. The van der Waals surface area contributed by atoms with Crippen LogP contribution in [-0.2, 0) is 22.4 Å². The van der Waals surface area contributed by atoms with Crippen LogP contribution in [0.15, 0.2) is 67.0 Å². The van der Waals surface area contributed by atoms with E-state index in [1.54, 1.807) is 36.5 Å². The quantitative estimate of drug-likeness (QED) is 0.155. The molecule has 3 heterocycles. The van der Waals surface area contributed by atoms with Crippen molar-refractivity contribution in [2.75, 3.05) is 6.54 Å². The van der Waals surface area contributed by atoms with Gasteiger partial charge in [0.2, 0.25) is 5.91 Å². The number of rotatable bonds is 4. The second-order valence-electron chi connectivity index (χ2n) is 11.4. The van der Waals surface area contributed by atoms with Gasteiger partial charge in [0.1, 0.15) is 17.4 Å². The van der Waals surface area contributed by atoms with Gasteiger partial charge in [-0.3, -0.25) is 9.59 Å². The van der Waals surface area contributed by atoms with E-state index in [4.69, 9.17) is 9.84 Å². The second kappa shape index (κ2) is 12.7. The highest BCUT2D eigenvalue weighted by molar-refractivity contribution is 5.86. The lowest BCUT2D eigenvalue weighted by molar-refractivity contribution is -0.137. The summed E-state index contributed by atoms with van der Waals surface area (Å²) in [5.74, 6) is -6.78. The summed E-state index contributed by atoms with van der Waals surface area (Å²) in [6, 6.07) is 13.8. The van der Waals surface area contributed by atoms with Crippen LogP contribution in [0.4, 0.5) is 17.6 Å². The number of imidazole rings is 1. The molecule has 1 amide bonds. The zero-order valence-corrected chi connectivity index (χ0v) is 24.5. The average molecular weight is 635 g/mol. The molecule has 0 fully saturated rings. The van der Waals surface area contributed by atoms with E-state index in [1.165, 1.54) is 24.4 Å². The van der Waals surface area contributed by atoms with Gasteiger partial charge in [-0.15, -0.1) is 0 Å². The Bertz CT molecular complexity index is 1920. The Morgan fingerprint density at radius 2 is 1.91 bits per heavy atom. The predicted octanol–water partition coefficient (Wildman–Crippen LogP) is 7.26. The monoisotopic (exact) mass is 634 g/mol. The number of H-pyrrole nitrogens is 2. The van der Waals surface area contributed by atoms with Crippen LogP contribution in [0.25, 0.3) is 22.3 Å². The Morgan fingerprint density at radius 3 is 2.74 bits per heavy atom. The maximum Gasteiger partial charge on any atom is 0.303 e. The molecule has 0 saturated carbocycles. The smallest absolute Gasteiger partial charge is 0.303 e. The number of carbonyl (C=O) groups excluding carboxylic acids is 1. The minimum Gasteiger partial charge on any atom is -0.481 e. The number of amides is 1. The first-order chi connectivity index (χ1) is 22.1. The Kier molecular flexibility index (Phi) is 8.53. The maximum atomic E-state index is 15.4. The van der Waals surface area contributed by atoms with Crippen molar-refractivity contribution in [3.05, 3.63) is 101 Å². The summed E-state index contributed by atoms with van der Waals surface area (Å²) in [5, 5.41) is 12.0. The molecule has 1 atom stereocenters. The minimum atomic E-state index is -3.27. The number of ether oxygens (including phenoxy) is 1. The molecule has 0 aliphatic carbocycles. The number of carbonyl (C=O) groups is 2. The molecule has 8 nitrogen and oxygen atoms in total. The van der Waals surface area contributed by atoms with Crippen LogP contribution in [0, 0.1) is 11.6 Å². The van der Waals surface area contributed by atoms with Gasteiger partial charge in [-0.2, -0.15) is 0 Å². The molecule has 5 aromatic rings. The van der Waals surface area contributed by atoms with Gasteiger partial charge in [0.25, 0.3) is 5.92 Å². The predicted molar refractivity (Wildman–Crippen MR) is 162 cm³/mol. The summed E-state index contributed by atoms with van der Waals surface area (Å²) in [5.41, 5.74) is 2.65. The van der Waals surface area contributed by atoms with Gasteiger partial charge in [-0.25, -0.2) is 22.5 Å². The number of aromatic nitrogens is 3.